The Bertz CT molecular complexity index is 907. The Morgan fingerprint density at radius 2 is 1.92 bits per heavy atom. The van der Waals surface area contributed by atoms with E-state index in [-0.39, 0.29) is 16.4 Å². The van der Waals surface area contributed by atoms with Crippen LogP contribution in [0.3, 0.4) is 0 Å². The van der Waals surface area contributed by atoms with Gasteiger partial charge in [-0.25, -0.2) is 0 Å². The zero-order valence-corrected chi connectivity index (χ0v) is 13.3. The summed E-state index contributed by atoms with van der Waals surface area (Å²) in [5, 5.41) is 11.5. The smallest absolute Gasteiger partial charge is 0.311 e. The van der Waals surface area contributed by atoms with E-state index in [0.29, 0.717) is 12.4 Å². The second kappa shape index (κ2) is 6.32. The fourth-order valence-corrected chi connectivity index (χ4v) is 3.40. The molecule has 8 heteroatoms. The third kappa shape index (κ3) is 3.54. The summed E-state index contributed by atoms with van der Waals surface area (Å²) in [6.07, 6.45) is -0.495. The molecule has 24 heavy (non-hydrogen) atoms. The molecule has 0 fully saturated rings. The second-order valence-electron chi connectivity index (χ2n) is 5.14. The number of benzene rings is 2. The average Bonchev–Trinajstić information content (AvgIpc) is 2.53. The van der Waals surface area contributed by atoms with Gasteiger partial charge in [-0.15, -0.1) is 4.40 Å². The fraction of sp³-hybridized carbons (Fsp3) is 0.125. The van der Waals surface area contributed by atoms with Gasteiger partial charge >= 0.3 is 5.97 Å². The van der Waals surface area contributed by atoms with Crippen LogP contribution in [0, 0.1) is 0 Å². The lowest BCUT2D eigenvalue weighted by atomic mass is 10.2. The normalized spacial score (nSPS) is 14.9. The predicted molar refractivity (Wildman–Crippen MR) is 87.7 cm³/mol. The number of carbonyl (C=O) groups is 1. The number of carboxylic acid groups (broad SMARTS) is 1. The molecule has 2 aromatic carbocycles. The van der Waals surface area contributed by atoms with Gasteiger partial charge in [-0.05, 0) is 17.7 Å². The van der Waals surface area contributed by atoms with Gasteiger partial charge in [-0.1, -0.05) is 30.3 Å². The fourth-order valence-electron chi connectivity index (χ4n) is 2.24. The molecule has 0 unspecified atom stereocenters. The molecular weight excluding hydrogens is 332 g/mol. The van der Waals surface area contributed by atoms with E-state index >= 15 is 0 Å². The van der Waals surface area contributed by atoms with Crippen LogP contribution in [0.4, 0.5) is 5.69 Å². The maximum absolute atomic E-state index is 12.2. The topological polar surface area (TPSA) is 105 Å². The van der Waals surface area contributed by atoms with Gasteiger partial charge < -0.3 is 15.2 Å². The molecule has 1 aliphatic heterocycles. The largest absolute Gasteiger partial charge is 0.489 e. The van der Waals surface area contributed by atoms with Crippen LogP contribution in [0.1, 0.15) is 12.0 Å². The molecule has 7 nitrogen and oxygen atoms in total. The summed E-state index contributed by atoms with van der Waals surface area (Å²) >= 11 is 0. The lowest BCUT2D eigenvalue weighted by Crippen LogP contribution is -2.23. The molecule has 0 bridgehead atoms. The van der Waals surface area contributed by atoms with Gasteiger partial charge in [0.2, 0.25) is 0 Å². The standard InChI is InChI=1S/C16H14N2O5S/c19-16(20)9-15-17-13-7-6-12(8-14(13)24(21,22)18-15)23-10-11-4-2-1-3-5-11/h1-8H,9-10H2,(H,17,18)(H,19,20). The van der Waals surface area contributed by atoms with E-state index in [1.165, 1.54) is 12.1 Å². The molecule has 0 spiro atoms. The average molecular weight is 346 g/mol. The molecule has 0 aliphatic carbocycles. The van der Waals surface area contributed by atoms with E-state index in [2.05, 4.69) is 9.71 Å². The molecule has 0 amide bonds. The van der Waals surface area contributed by atoms with Crippen molar-refractivity contribution in [2.24, 2.45) is 4.40 Å². The number of hydrogen-bond acceptors (Lipinski definition) is 5. The second-order valence-corrected chi connectivity index (χ2v) is 6.71. The van der Waals surface area contributed by atoms with Crippen LogP contribution in [0.2, 0.25) is 0 Å². The van der Waals surface area contributed by atoms with Crippen LogP contribution in [0.15, 0.2) is 57.8 Å². The van der Waals surface area contributed by atoms with Crippen molar-refractivity contribution in [1.82, 2.24) is 0 Å². The number of carboxylic acids is 1. The Balaban J connectivity index is 1.82. The highest BCUT2D eigenvalue weighted by Gasteiger charge is 2.26. The Morgan fingerprint density at radius 1 is 1.17 bits per heavy atom. The van der Waals surface area contributed by atoms with Crippen molar-refractivity contribution in [3.63, 3.8) is 0 Å². The van der Waals surface area contributed by atoms with Gasteiger partial charge in [0.15, 0.2) is 0 Å². The minimum absolute atomic E-state index is 0.0396. The molecule has 2 aromatic rings. The monoisotopic (exact) mass is 346 g/mol. The van der Waals surface area contributed by atoms with Crippen LogP contribution in [-0.4, -0.2) is 25.3 Å². The van der Waals surface area contributed by atoms with Crippen LogP contribution >= 0.6 is 0 Å². The van der Waals surface area contributed by atoms with Crippen molar-refractivity contribution in [2.45, 2.75) is 17.9 Å². The molecule has 3 rings (SSSR count). The first-order valence-electron chi connectivity index (χ1n) is 7.07. The van der Waals surface area contributed by atoms with E-state index < -0.39 is 22.4 Å². The maximum Gasteiger partial charge on any atom is 0.311 e. The molecule has 0 aromatic heterocycles. The van der Waals surface area contributed by atoms with Crippen molar-refractivity contribution in [3.05, 3.63) is 54.1 Å². The van der Waals surface area contributed by atoms with Gasteiger partial charge in [0.1, 0.15) is 29.5 Å². The zero-order chi connectivity index (χ0) is 17.2. The molecule has 124 valence electrons. The number of hydrogen-bond donors (Lipinski definition) is 2. The summed E-state index contributed by atoms with van der Waals surface area (Å²) in [6, 6.07) is 14.0. The molecule has 2 N–H and O–H groups in total. The van der Waals surface area contributed by atoms with Crippen LogP contribution < -0.4 is 10.1 Å². The van der Waals surface area contributed by atoms with E-state index in [9.17, 15) is 13.2 Å². The lowest BCUT2D eigenvalue weighted by molar-refractivity contribution is -0.135. The first-order valence-corrected chi connectivity index (χ1v) is 8.51. The van der Waals surface area contributed by atoms with Crippen molar-refractivity contribution >= 4 is 27.5 Å². The highest BCUT2D eigenvalue weighted by molar-refractivity contribution is 7.90. The van der Waals surface area contributed by atoms with Crippen molar-refractivity contribution in [2.75, 3.05) is 5.32 Å². The van der Waals surface area contributed by atoms with Gasteiger partial charge in [-0.3, -0.25) is 4.79 Å². The highest BCUT2D eigenvalue weighted by Crippen LogP contribution is 2.31. The van der Waals surface area contributed by atoms with Gasteiger partial charge in [-0.2, -0.15) is 8.42 Å². The summed E-state index contributed by atoms with van der Waals surface area (Å²) in [5.41, 5.74) is 1.24. The van der Waals surface area contributed by atoms with E-state index in [0.717, 1.165) is 5.56 Å². The number of amidine groups is 1. The summed E-state index contributed by atoms with van der Waals surface area (Å²) in [4.78, 5) is 10.7. The number of anilines is 1. The summed E-state index contributed by atoms with van der Waals surface area (Å²) in [6.45, 7) is 0.306. The highest BCUT2D eigenvalue weighted by atomic mass is 32.2. The van der Waals surface area contributed by atoms with Crippen molar-refractivity contribution < 1.29 is 23.1 Å². The summed E-state index contributed by atoms with van der Waals surface area (Å²) < 4.78 is 33.5. The number of fused-ring (bicyclic) bond motifs is 1. The molecule has 1 heterocycles. The van der Waals surface area contributed by atoms with Crippen LogP contribution in [0.25, 0.3) is 0 Å². The minimum atomic E-state index is -3.96. The maximum atomic E-state index is 12.2. The van der Waals surface area contributed by atoms with Gasteiger partial charge in [0, 0.05) is 6.07 Å². The molecule has 0 atom stereocenters. The molecule has 0 saturated carbocycles. The first kappa shape index (κ1) is 16.0. The van der Waals surface area contributed by atoms with Crippen molar-refractivity contribution in [3.8, 4) is 5.75 Å². The number of aliphatic carboxylic acids is 1. The van der Waals surface area contributed by atoms with E-state index in [1.54, 1.807) is 6.07 Å². The zero-order valence-electron chi connectivity index (χ0n) is 12.5. The Kier molecular flexibility index (Phi) is 4.22. The van der Waals surface area contributed by atoms with Crippen molar-refractivity contribution in [1.29, 1.82) is 0 Å². The third-order valence-corrected chi connectivity index (χ3v) is 4.66. The number of nitrogens with one attached hydrogen (secondary N) is 1. The molecule has 1 aliphatic rings. The summed E-state index contributed by atoms with van der Waals surface area (Å²) in [5.74, 6) is -0.893. The first-order chi connectivity index (χ1) is 11.4. The minimum Gasteiger partial charge on any atom is -0.489 e. The van der Waals surface area contributed by atoms with E-state index in [4.69, 9.17) is 9.84 Å². The number of ether oxygens (including phenoxy) is 1. The van der Waals surface area contributed by atoms with Gasteiger partial charge in [0.25, 0.3) is 10.0 Å². The SMILES string of the molecule is O=C(O)CC1=NS(=O)(=O)c2cc(OCc3ccccc3)ccc2N1. The Morgan fingerprint density at radius 3 is 2.62 bits per heavy atom. The molecule has 0 saturated heterocycles. The van der Waals surface area contributed by atoms with Crippen LogP contribution in [-0.2, 0) is 21.4 Å². The number of sulfonamides is 1. The Labute approximate surface area is 138 Å². The quantitative estimate of drug-likeness (QED) is 0.860. The Hall–Kier alpha value is -2.87. The van der Waals surface area contributed by atoms with E-state index in [1.807, 2.05) is 30.3 Å². The number of nitrogens with zero attached hydrogens (tertiary/aromatic N) is 1. The third-order valence-electron chi connectivity index (χ3n) is 3.31. The molecule has 0 radical (unpaired) electrons. The molecular formula is C16H14N2O5S. The summed E-state index contributed by atoms with van der Waals surface area (Å²) in [7, 11) is -3.96. The lowest BCUT2D eigenvalue weighted by Gasteiger charge is -2.18. The van der Waals surface area contributed by atoms with Gasteiger partial charge in [0.05, 0.1) is 5.69 Å². The van der Waals surface area contributed by atoms with Crippen LogP contribution in [0.5, 0.6) is 5.75 Å². The number of rotatable bonds is 5. The predicted octanol–water partition coefficient (Wildman–Crippen LogP) is 2.25.